The fourth-order valence-corrected chi connectivity index (χ4v) is 1.74. The first-order valence-electron chi connectivity index (χ1n) is 5.97. The van der Waals surface area contributed by atoms with E-state index in [1.165, 1.54) is 0 Å². The largest absolute Gasteiger partial charge is 0.497 e. The maximum atomic E-state index is 11.4. The monoisotopic (exact) mass is 267 g/mol. The van der Waals surface area contributed by atoms with Crippen molar-refractivity contribution in [3.8, 4) is 11.8 Å². The Hall–Kier alpha value is -2.87. The van der Waals surface area contributed by atoms with Crippen LogP contribution in [-0.2, 0) is 0 Å². The van der Waals surface area contributed by atoms with E-state index in [0.29, 0.717) is 11.3 Å². The Morgan fingerprint density at radius 3 is 2.60 bits per heavy atom. The summed E-state index contributed by atoms with van der Waals surface area (Å²) in [6.07, 6.45) is 3.61. The van der Waals surface area contributed by atoms with Crippen molar-refractivity contribution in [2.24, 2.45) is 0 Å². The third kappa shape index (κ3) is 2.75. The Morgan fingerprint density at radius 1 is 1.30 bits per heavy atom. The number of benzene rings is 1. The highest BCUT2D eigenvalue weighted by Crippen LogP contribution is 2.14. The zero-order valence-corrected chi connectivity index (χ0v) is 11.2. The van der Waals surface area contributed by atoms with Crippen LogP contribution >= 0.6 is 0 Å². The molecule has 0 saturated carbocycles. The Labute approximate surface area is 116 Å². The van der Waals surface area contributed by atoms with Crippen LogP contribution in [0.5, 0.6) is 5.75 Å². The highest BCUT2D eigenvalue weighted by atomic mass is 16.5. The van der Waals surface area contributed by atoms with E-state index in [1.54, 1.807) is 20.1 Å². The average Bonchev–Trinajstić information content (AvgIpc) is 2.47. The van der Waals surface area contributed by atoms with Gasteiger partial charge in [-0.25, -0.2) is 5.10 Å². The summed E-state index contributed by atoms with van der Waals surface area (Å²) < 4.78 is 5.08. The minimum Gasteiger partial charge on any atom is -0.497 e. The van der Waals surface area contributed by atoms with Crippen molar-refractivity contribution >= 4 is 12.2 Å². The van der Waals surface area contributed by atoms with Crippen molar-refractivity contribution in [1.29, 1.82) is 5.26 Å². The number of methoxy groups -OCH3 is 1. The van der Waals surface area contributed by atoms with E-state index in [2.05, 4.69) is 10.2 Å². The molecule has 20 heavy (non-hydrogen) atoms. The van der Waals surface area contributed by atoms with Gasteiger partial charge in [-0.3, -0.25) is 4.79 Å². The van der Waals surface area contributed by atoms with Gasteiger partial charge in [-0.15, -0.1) is 0 Å². The molecule has 0 saturated heterocycles. The molecule has 100 valence electrons. The number of hydrogen-bond acceptors (Lipinski definition) is 4. The molecule has 0 spiro atoms. The molecule has 2 aromatic rings. The molecule has 0 bridgehead atoms. The van der Waals surface area contributed by atoms with Crippen molar-refractivity contribution in [2.45, 2.75) is 6.92 Å². The van der Waals surface area contributed by atoms with Crippen LogP contribution in [0.4, 0.5) is 0 Å². The van der Waals surface area contributed by atoms with Crippen molar-refractivity contribution in [3.63, 3.8) is 0 Å². The molecule has 0 aliphatic heterocycles. The highest BCUT2D eigenvalue weighted by Gasteiger charge is 2.07. The number of aromatic amines is 1. The maximum Gasteiger partial charge on any atom is 0.282 e. The molecule has 2 rings (SSSR count). The molecule has 0 radical (unpaired) electrons. The number of nitrogens with one attached hydrogen (secondary N) is 1. The Balaban J connectivity index is 2.32. The first-order chi connectivity index (χ1) is 9.65. The standard InChI is InChI=1S/C15H13N3O2/c1-10-13(9-16)15(19)18-17-14(10)8-5-11-3-6-12(20-2)7-4-11/h3-8H,1-2H3,(H,18,19)/b8-5+. The van der Waals surface area contributed by atoms with Crippen LogP contribution in [0.1, 0.15) is 22.4 Å². The molecule has 1 N–H and O–H groups in total. The number of aromatic nitrogens is 2. The van der Waals surface area contributed by atoms with Crippen molar-refractivity contribution < 1.29 is 4.74 Å². The van der Waals surface area contributed by atoms with Crippen LogP contribution in [0.25, 0.3) is 12.2 Å². The number of nitrogens with zero attached hydrogens (tertiary/aromatic N) is 2. The van der Waals surface area contributed by atoms with Crippen LogP contribution in [0, 0.1) is 18.3 Å². The fraction of sp³-hybridized carbons (Fsp3) is 0.133. The van der Waals surface area contributed by atoms with E-state index < -0.39 is 5.56 Å². The zero-order chi connectivity index (χ0) is 14.5. The molecular formula is C15H13N3O2. The second-order valence-electron chi connectivity index (χ2n) is 4.16. The topological polar surface area (TPSA) is 78.8 Å². The van der Waals surface area contributed by atoms with E-state index in [9.17, 15) is 4.79 Å². The van der Waals surface area contributed by atoms with E-state index in [-0.39, 0.29) is 5.56 Å². The lowest BCUT2D eigenvalue weighted by molar-refractivity contribution is 0.415. The van der Waals surface area contributed by atoms with Crippen molar-refractivity contribution in [1.82, 2.24) is 10.2 Å². The SMILES string of the molecule is COc1ccc(/C=C/c2n[nH]c(=O)c(C#N)c2C)cc1. The second kappa shape index (κ2) is 5.85. The van der Waals surface area contributed by atoms with Gasteiger partial charge in [0.1, 0.15) is 17.4 Å². The molecule has 0 aliphatic rings. The molecule has 0 fully saturated rings. The van der Waals surface area contributed by atoms with Crippen LogP contribution in [0.3, 0.4) is 0 Å². The van der Waals surface area contributed by atoms with Crippen molar-refractivity contribution in [3.05, 3.63) is 57.0 Å². The minimum atomic E-state index is -0.466. The molecular weight excluding hydrogens is 254 g/mol. The summed E-state index contributed by atoms with van der Waals surface area (Å²) in [5.74, 6) is 0.785. The lowest BCUT2D eigenvalue weighted by atomic mass is 10.1. The van der Waals surface area contributed by atoms with Gasteiger partial charge in [-0.1, -0.05) is 18.2 Å². The molecule has 1 aromatic heterocycles. The van der Waals surface area contributed by atoms with Crippen LogP contribution < -0.4 is 10.3 Å². The van der Waals surface area contributed by atoms with Gasteiger partial charge in [-0.05, 0) is 36.3 Å². The van der Waals surface area contributed by atoms with Gasteiger partial charge < -0.3 is 4.74 Å². The van der Waals surface area contributed by atoms with E-state index >= 15 is 0 Å². The Kier molecular flexibility index (Phi) is 3.96. The van der Waals surface area contributed by atoms with Gasteiger partial charge in [0.15, 0.2) is 0 Å². The van der Waals surface area contributed by atoms with E-state index in [0.717, 1.165) is 11.3 Å². The quantitative estimate of drug-likeness (QED) is 0.923. The second-order valence-corrected chi connectivity index (χ2v) is 4.16. The Bertz CT molecular complexity index is 737. The number of nitriles is 1. The molecule has 5 heteroatoms. The van der Waals surface area contributed by atoms with Crippen LogP contribution in [0.2, 0.25) is 0 Å². The third-order valence-electron chi connectivity index (χ3n) is 2.93. The van der Waals surface area contributed by atoms with Crippen LogP contribution in [-0.4, -0.2) is 17.3 Å². The summed E-state index contributed by atoms with van der Waals surface area (Å²) in [6.45, 7) is 1.70. The van der Waals surface area contributed by atoms with Gasteiger partial charge in [0, 0.05) is 0 Å². The normalized spacial score (nSPS) is 10.4. The van der Waals surface area contributed by atoms with Gasteiger partial charge in [0.05, 0.1) is 12.8 Å². The molecule has 0 atom stereocenters. The first-order valence-corrected chi connectivity index (χ1v) is 5.97. The smallest absolute Gasteiger partial charge is 0.282 e. The van der Waals surface area contributed by atoms with Gasteiger partial charge in [-0.2, -0.15) is 10.4 Å². The molecule has 1 aromatic carbocycles. The summed E-state index contributed by atoms with van der Waals surface area (Å²) in [4.78, 5) is 11.4. The van der Waals surface area contributed by atoms with Gasteiger partial charge in [0.25, 0.3) is 5.56 Å². The summed E-state index contributed by atoms with van der Waals surface area (Å²) in [6, 6.07) is 9.40. The highest BCUT2D eigenvalue weighted by molar-refractivity contribution is 5.70. The predicted octanol–water partition coefficient (Wildman–Crippen LogP) is 2.13. The zero-order valence-electron chi connectivity index (χ0n) is 11.2. The number of H-pyrrole nitrogens is 1. The van der Waals surface area contributed by atoms with E-state index in [4.69, 9.17) is 10.00 Å². The molecule has 5 nitrogen and oxygen atoms in total. The lowest BCUT2D eigenvalue weighted by Gasteiger charge is -2.01. The molecule has 1 heterocycles. The van der Waals surface area contributed by atoms with Crippen molar-refractivity contribution in [2.75, 3.05) is 7.11 Å². The number of rotatable bonds is 3. The maximum absolute atomic E-state index is 11.4. The van der Waals surface area contributed by atoms with E-state index in [1.807, 2.05) is 36.4 Å². The molecule has 0 unspecified atom stereocenters. The summed E-state index contributed by atoms with van der Waals surface area (Å²) in [7, 11) is 1.61. The van der Waals surface area contributed by atoms with Gasteiger partial charge in [0.2, 0.25) is 0 Å². The Morgan fingerprint density at radius 2 is 2.00 bits per heavy atom. The first kappa shape index (κ1) is 13.6. The number of ether oxygens (including phenoxy) is 1. The summed E-state index contributed by atoms with van der Waals surface area (Å²) in [5, 5.41) is 15.2. The summed E-state index contributed by atoms with van der Waals surface area (Å²) in [5.41, 5.74) is 1.73. The fourth-order valence-electron chi connectivity index (χ4n) is 1.74. The minimum absolute atomic E-state index is 0.0920. The molecule has 0 amide bonds. The number of hydrogen-bond donors (Lipinski definition) is 1. The average molecular weight is 267 g/mol. The third-order valence-corrected chi connectivity index (χ3v) is 2.93. The summed E-state index contributed by atoms with van der Waals surface area (Å²) >= 11 is 0. The van der Waals surface area contributed by atoms with Gasteiger partial charge >= 0.3 is 0 Å². The van der Waals surface area contributed by atoms with Crippen LogP contribution in [0.15, 0.2) is 29.1 Å². The molecule has 0 aliphatic carbocycles. The predicted molar refractivity (Wildman–Crippen MR) is 76.2 cm³/mol. The lowest BCUT2D eigenvalue weighted by Crippen LogP contribution is -2.15.